The summed E-state index contributed by atoms with van der Waals surface area (Å²) in [4.78, 5) is 23.9. The summed E-state index contributed by atoms with van der Waals surface area (Å²) in [6.45, 7) is 0. The third kappa shape index (κ3) is 6.46. The molecule has 150 valence electrons. The third-order valence-corrected chi connectivity index (χ3v) is 5.03. The fraction of sp³-hybridized carbons (Fsp3) is 0.280. The van der Waals surface area contributed by atoms with Gasteiger partial charge in [-0.25, -0.2) is 4.79 Å². The molecule has 29 heavy (non-hydrogen) atoms. The van der Waals surface area contributed by atoms with E-state index in [0.717, 1.165) is 24.8 Å². The number of hydrogen-bond acceptors (Lipinski definition) is 3. The van der Waals surface area contributed by atoms with E-state index in [2.05, 4.69) is 6.08 Å². The molecule has 1 N–H and O–H groups in total. The van der Waals surface area contributed by atoms with Crippen molar-refractivity contribution in [2.75, 3.05) is 0 Å². The fourth-order valence-electron chi connectivity index (χ4n) is 3.38. The summed E-state index contributed by atoms with van der Waals surface area (Å²) in [5.41, 5.74) is 2.82. The summed E-state index contributed by atoms with van der Waals surface area (Å²) < 4.78 is 5.67. The molecule has 0 bridgehead atoms. The lowest BCUT2D eigenvalue weighted by Gasteiger charge is -2.18. The van der Waals surface area contributed by atoms with E-state index in [1.54, 1.807) is 30.3 Å². The van der Waals surface area contributed by atoms with E-state index < -0.39 is 12.1 Å². The molecule has 1 aliphatic rings. The summed E-state index contributed by atoms with van der Waals surface area (Å²) in [6, 6.07) is 16.2. The summed E-state index contributed by atoms with van der Waals surface area (Å²) in [5, 5.41) is 9.48. The predicted octanol–water partition coefficient (Wildman–Crippen LogP) is 5.70. The average molecular weight is 390 g/mol. The van der Waals surface area contributed by atoms with Gasteiger partial charge in [-0.15, -0.1) is 0 Å². The Morgan fingerprint density at radius 3 is 2.45 bits per heavy atom. The minimum atomic E-state index is -0.965. The van der Waals surface area contributed by atoms with Crippen LogP contribution in [0.2, 0.25) is 0 Å². The second-order valence-corrected chi connectivity index (χ2v) is 7.22. The molecule has 0 saturated carbocycles. The first kappa shape index (κ1) is 20.6. The van der Waals surface area contributed by atoms with Crippen LogP contribution in [0.4, 0.5) is 0 Å². The smallest absolute Gasteiger partial charge is 0.344 e. The minimum Gasteiger partial charge on any atom is -0.479 e. The Morgan fingerprint density at radius 1 is 1.03 bits per heavy atom. The molecule has 0 amide bonds. The zero-order valence-electron chi connectivity index (χ0n) is 16.4. The van der Waals surface area contributed by atoms with Crippen LogP contribution in [0, 0.1) is 0 Å². The van der Waals surface area contributed by atoms with Crippen molar-refractivity contribution in [2.45, 2.75) is 44.6 Å². The van der Waals surface area contributed by atoms with Crippen molar-refractivity contribution in [1.29, 1.82) is 0 Å². The first-order chi connectivity index (χ1) is 14.1. The Morgan fingerprint density at radius 2 is 1.79 bits per heavy atom. The average Bonchev–Trinajstić information content (AvgIpc) is 2.76. The molecule has 0 spiro atoms. The number of rotatable bonds is 9. The van der Waals surface area contributed by atoms with Crippen molar-refractivity contribution >= 4 is 17.8 Å². The van der Waals surface area contributed by atoms with Gasteiger partial charge in [-0.05, 0) is 74.4 Å². The number of carbonyl (C=O) groups is 2. The van der Waals surface area contributed by atoms with E-state index >= 15 is 0 Å². The van der Waals surface area contributed by atoms with Crippen molar-refractivity contribution in [3.05, 3.63) is 83.4 Å². The maximum Gasteiger partial charge on any atom is 0.344 e. The molecule has 1 aliphatic carbocycles. The summed E-state index contributed by atoms with van der Waals surface area (Å²) in [5.74, 6) is -0.620. The van der Waals surface area contributed by atoms with Gasteiger partial charge in [0.15, 0.2) is 11.9 Å². The van der Waals surface area contributed by atoms with Crippen molar-refractivity contribution < 1.29 is 19.4 Å². The Hall–Kier alpha value is -3.14. The van der Waals surface area contributed by atoms with Crippen molar-refractivity contribution in [3.8, 4) is 5.75 Å². The highest BCUT2D eigenvalue weighted by Crippen LogP contribution is 2.23. The summed E-state index contributed by atoms with van der Waals surface area (Å²) in [7, 11) is 0. The number of carbonyl (C=O) groups excluding carboxylic acids is 1. The highest BCUT2D eigenvalue weighted by atomic mass is 16.5. The first-order valence-corrected chi connectivity index (χ1v) is 10.1. The van der Waals surface area contributed by atoms with E-state index in [-0.39, 0.29) is 5.78 Å². The van der Waals surface area contributed by atoms with Gasteiger partial charge in [0.05, 0.1) is 0 Å². The lowest BCUT2D eigenvalue weighted by atomic mass is 9.95. The zero-order chi connectivity index (χ0) is 20.5. The number of benzene rings is 2. The lowest BCUT2D eigenvalue weighted by molar-refractivity contribution is -0.145. The fourth-order valence-corrected chi connectivity index (χ4v) is 3.38. The Balaban J connectivity index is 1.57. The molecule has 3 rings (SSSR count). The van der Waals surface area contributed by atoms with Gasteiger partial charge in [0, 0.05) is 5.56 Å². The van der Waals surface area contributed by atoms with E-state index in [1.807, 2.05) is 30.3 Å². The molecule has 0 fully saturated rings. The van der Waals surface area contributed by atoms with E-state index in [4.69, 9.17) is 4.74 Å². The quantitative estimate of drug-likeness (QED) is 0.339. The maximum atomic E-state index is 12.3. The highest BCUT2D eigenvalue weighted by molar-refractivity contribution is 6.06. The molecule has 4 nitrogen and oxygen atoms in total. The Kier molecular flexibility index (Phi) is 7.40. The first-order valence-electron chi connectivity index (χ1n) is 10.1. The van der Waals surface area contributed by atoms with Crippen LogP contribution >= 0.6 is 0 Å². The standard InChI is InChI=1S/C25H26O4/c26-23(17-11-19-7-3-1-4-8-19)21-13-15-22(16-14-21)29-24(25(27)28)18-12-20-9-5-2-6-10-20/h1,3-4,7-9,11,13-17,24H,2,5-6,10,12,18H2,(H,27,28)/b17-11+. The van der Waals surface area contributed by atoms with Crippen molar-refractivity contribution in [1.82, 2.24) is 0 Å². The van der Waals surface area contributed by atoms with Gasteiger partial charge in [-0.1, -0.05) is 48.1 Å². The number of ether oxygens (including phenoxy) is 1. The molecule has 0 aliphatic heterocycles. The number of carboxylic acid groups (broad SMARTS) is 1. The molecule has 0 radical (unpaired) electrons. The zero-order valence-corrected chi connectivity index (χ0v) is 16.4. The molecule has 2 aromatic rings. The monoisotopic (exact) mass is 390 g/mol. The van der Waals surface area contributed by atoms with Gasteiger partial charge in [-0.3, -0.25) is 4.79 Å². The van der Waals surface area contributed by atoms with Crippen molar-refractivity contribution in [3.63, 3.8) is 0 Å². The van der Waals surface area contributed by atoms with Gasteiger partial charge in [0.1, 0.15) is 5.75 Å². The third-order valence-electron chi connectivity index (χ3n) is 5.03. The molecule has 2 aromatic carbocycles. The molecule has 0 saturated heterocycles. The topological polar surface area (TPSA) is 63.6 Å². The largest absolute Gasteiger partial charge is 0.479 e. The summed E-state index contributed by atoms with van der Waals surface area (Å²) >= 11 is 0. The van der Waals surface area contributed by atoms with Crippen LogP contribution in [0.25, 0.3) is 6.08 Å². The lowest BCUT2D eigenvalue weighted by Crippen LogP contribution is -2.27. The second-order valence-electron chi connectivity index (χ2n) is 7.22. The second kappa shape index (κ2) is 10.4. The van der Waals surface area contributed by atoms with E-state index in [1.165, 1.54) is 24.5 Å². The Bertz CT molecular complexity index is 879. The number of allylic oxidation sites excluding steroid dienone is 3. The van der Waals surface area contributed by atoms with Crippen LogP contribution in [0.1, 0.15) is 54.4 Å². The van der Waals surface area contributed by atoms with Crippen LogP contribution in [-0.4, -0.2) is 23.0 Å². The normalized spacial score (nSPS) is 15.0. The van der Waals surface area contributed by atoms with Crippen LogP contribution in [0.5, 0.6) is 5.75 Å². The molecule has 4 heteroatoms. The van der Waals surface area contributed by atoms with E-state index in [9.17, 15) is 14.7 Å². The van der Waals surface area contributed by atoms with Crippen molar-refractivity contribution in [2.24, 2.45) is 0 Å². The van der Waals surface area contributed by atoms with Gasteiger partial charge < -0.3 is 9.84 Å². The van der Waals surface area contributed by atoms with Gasteiger partial charge in [0.2, 0.25) is 0 Å². The number of aliphatic carboxylic acids is 1. The van der Waals surface area contributed by atoms with Gasteiger partial charge >= 0.3 is 5.97 Å². The molecule has 1 unspecified atom stereocenters. The SMILES string of the molecule is O=C(/C=C/c1ccccc1)c1ccc(OC(CCC2=CCCCC2)C(=O)O)cc1. The molecule has 0 heterocycles. The molecule has 1 atom stereocenters. The molecule has 0 aromatic heterocycles. The summed E-state index contributed by atoms with van der Waals surface area (Å²) in [6.07, 6.45) is 10.4. The maximum absolute atomic E-state index is 12.3. The Labute approximate surface area is 171 Å². The van der Waals surface area contributed by atoms with Gasteiger partial charge in [0.25, 0.3) is 0 Å². The predicted molar refractivity (Wildman–Crippen MR) is 114 cm³/mol. The molecular formula is C25H26O4. The van der Waals surface area contributed by atoms with Crippen LogP contribution in [0.3, 0.4) is 0 Å². The number of hydrogen-bond donors (Lipinski definition) is 1. The van der Waals surface area contributed by atoms with Gasteiger partial charge in [-0.2, -0.15) is 0 Å². The van der Waals surface area contributed by atoms with E-state index in [0.29, 0.717) is 17.7 Å². The van der Waals surface area contributed by atoms with Crippen LogP contribution < -0.4 is 4.74 Å². The minimum absolute atomic E-state index is 0.112. The highest BCUT2D eigenvalue weighted by Gasteiger charge is 2.20. The number of carboxylic acids is 1. The van der Waals surface area contributed by atoms with Crippen LogP contribution in [-0.2, 0) is 4.79 Å². The van der Waals surface area contributed by atoms with Crippen LogP contribution in [0.15, 0.2) is 72.3 Å². The number of ketones is 1. The molecular weight excluding hydrogens is 364 g/mol.